The monoisotopic (exact) mass is 495 g/mol. The lowest BCUT2D eigenvalue weighted by atomic mass is 9.95. The van der Waals surface area contributed by atoms with Crippen LogP contribution in [0.2, 0.25) is 18.6 Å². The second-order valence-electron chi connectivity index (χ2n) is 10.8. The van der Waals surface area contributed by atoms with Gasteiger partial charge in [0, 0.05) is 25.3 Å². The van der Waals surface area contributed by atoms with Crippen molar-refractivity contribution < 1.29 is 19.4 Å². The number of aliphatic hydroxyl groups is 1. The summed E-state index contributed by atoms with van der Waals surface area (Å²) < 4.78 is 12.0. The van der Waals surface area contributed by atoms with Crippen LogP contribution in [-0.2, 0) is 16.0 Å². The van der Waals surface area contributed by atoms with Gasteiger partial charge in [-0.05, 0) is 73.4 Å². The van der Waals surface area contributed by atoms with Gasteiger partial charge in [0.2, 0.25) is 5.91 Å². The Labute approximate surface area is 211 Å². The van der Waals surface area contributed by atoms with E-state index in [9.17, 15) is 9.90 Å². The number of aliphatic hydroxyl groups excluding tert-OH is 1. The third-order valence-corrected chi connectivity index (χ3v) is 12.7. The number of hydrogen-bond acceptors (Lipinski definition) is 4. The summed E-state index contributed by atoms with van der Waals surface area (Å²) in [5, 5.41) is 11.2. The third kappa shape index (κ3) is 5.65. The maximum atomic E-state index is 12.2. The number of carbonyl (C=O) groups excluding carboxylic acids is 1. The van der Waals surface area contributed by atoms with Gasteiger partial charge in [-0.15, -0.1) is 0 Å². The Hall–Kier alpha value is -2.15. The number of ether oxygens (including phenoxy) is 2. The van der Waals surface area contributed by atoms with Crippen LogP contribution in [0, 0.1) is 5.92 Å². The Morgan fingerprint density at radius 2 is 1.74 bits per heavy atom. The van der Waals surface area contributed by atoms with E-state index in [-0.39, 0.29) is 24.7 Å². The number of aryl methyl sites for hydroxylation is 1. The van der Waals surface area contributed by atoms with E-state index in [0.717, 1.165) is 43.7 Å². The maximum Gasteiger partial charge on any atom is 0.226 e. The van der Waals surface area contributed by atoms with Gasteiger partial charge >= 0.3 is 0 Å². The molecule has 2 aromatic rings. The molecule has 0 saturated carbocycles. The molecule has 0 spiro atoms. The van der Waals surface area contributed by atoms with Crippen molar-refractivity contribution in [3.8, 4) is 5.75 Å². The lowest BCUT2D eigenvalue weighted by Crippen LogP contribution is -2.50. The number of benzene rings is 2. The van der Waals surface area contributed by atoms with Crippen molar-refractivity contribution in [1.29, 1.82) is 0 Å². The van der Waals surface area contributed by atoms with Crippen LogP contribution in [0.3, 0.4) is 0 Å². The molecule has 0 unspecified atom stereocenters. The average molecular weight is 496 g/mol. The van der Waals surface area contributed by atoms with Gasteiger partial charge in [0.1, 0.15) is 5.75 Å². The minimum atomic E-state index is -1.86. The molecule has 1 amide bonds. The summed E-state index contributed by atoms with van der Waals surface area (Å²) in [5.41, 5.74) is 2.74. The second-order valence-corrected chi connectivity index (χ2v) is 15.5. The van der Waals surface area contributed by atoms with Crippen molar-refractivity contribution in [2.24, 2.45) is 5.92 Å². The first-order valence-electron chi connectivity index (χ1n) is 13.1. The van der Waals surface area contributed by atoms with E-state index in [0.29, 0.717) is 24.3 Å². The second kappa shape index (κ2) is 11.3. The van der Waals surface area contributed by atoms with Gasteiger partial charge in [-0.1, -0.05) is 49.5 Å². The minimum absolute atomic E-state index is 0.0938. The molecule has 4 atom stereocenters. The molecule has 1 N–H and O–H groups in total. The predicted octanol–water partition coefficient (Wildman–Crippen LogP) is 4.92. The predicted molar refractivity (Wildman–Crippen MR) is 144 cm³/mol. The standard InChI is InChI=1S/C29H41NO4Si/c1-21-26(17-10-22-8-11-23(12-9-22)30-19-6-5-7-28(30)32)34-27(18-20-31)29(21)35(3,4)25-15-13-24(33-2)14-16-25/h8-9,11-16,21,26-27,29,31H,5-7,10,17-20H2,1-4H3/t21-,26+,27-,29+/m0/s1. The number of anilines is 1. The zero-order chi connectivity index (χ0) is 25.0. The Kier molecular flexibility index (Phi) is 8.35. The van der Waals surface area contributed by atoms with Crippen LogP contribution in [0.5, 0.6) is 5.75 Å². The topological polar surface area (TPSA) is 59.0 Å². The summed E-state index contributed by atoms with van der Waals surface area (Å²) in [6.45, 7) is 8.20. The molecule has 2 aliphatic heterocycles. The highest BCUT2D eigenvalue weighted by Gasteiger charge is 2.50. The zero-order valence-electron chi connectivity index (χ0n) is 21.7. The number of nitrogens with zero attached hydrogens (tertiary/aromatic N) is 1. The van der Waals surface area contributed by atoms with Crippen molar-refractivity contribution in [1.82, 2.24) is 0 Å². The molecule has 35 heavy (non-hydrogen) atoms. The van der Waals surface area contributed by atoms with Crippen molar-refractivity contribution in [3.63, 3.8) is 0 Å². The molecule has 2 aliphatic rings. The van der Waals surface area contributed by atoms with Gasteiger partial charge in [-0.3, -0.25) is 4.79 Å². The maximum absolute atomic E-state index is 12.2. The molecule has 0 aliphatic carbocycles. The Morgan fingerprint density at radius 3 is 2.37 bits per heavy atom. The largest absolute Gasteiger partial charge is 0.497 e. The van der Waals surface area contributed by atoms with Crippen molar-refractivity contribution in [2.75, 3.05) is 25.2 Å². The van der Waals surface area contributed by atoms with E-state index in [2.05, 4.69) is 68.5 Å². The van der Waals surface area contributed by atoms with Gasteiger partial charge in [0.25, 0.3) is 0 Å². The van der Waals surface area contributed by atoms with E-state index >= 15 is 0 Å². The fourth-order valence-electron chi connectivity index (χ4n) is 6.27. The minimum Gasteiger partial charge on any atom is -0.497 e. The molecule has 6 heteroatoms. The van der Waals surface area contributed by atoms with Crippen molar-refractivity contribution >= 4 is 24.9 Å². The molecule has 190 valence electrons. The molecule has 4 rings (SSSR count). The van der Waals surface area contributed by atoms with Crippen LogP contribution in [0.15, 0.2) is 48.5 Å². The van der Waals surface area contributed by atoms with Crippen LogP contribution >= 0.6 is 0 Å². The highest BCUT2D eigenvalue weighted by Crippen LogP contribution is 2.46. The average Bonchev–Trinajstić information content (AvgIpc) is 3.19. The SMILES string of the molecule is COc1ccc([Si](C)(C)[C@@H]2[C@@H](C)[C@@H](CCc3ccc(N4CCCCC4=O)cc3)O[C@H]2CCO)cc1. The smallest absolute Gasteiger partial charge is 0.226 e. The number of piperidine rings is 1. The van der Waals surface area contributed by atoms with Crippen LogP contribution in [-0.4, -0.2) is 51.6 Å². The lowest BCUT2D eigenvalue weighted by Gasteiger charge is -2.36. The van der Waals surface area contributed by atoms with Crippen LogP contribution < -0.4 is 14.8 Å². The quantitative estimate of drug-likeness (QED) is 0.502. The molecular formula is C29H41NO4Si. The number of carbonyl (C=O) groups is 1. The molecule has 5 nitrogen and oxygen atoms in total. The summed E-state index contributed by atoms with van der Waals surface area (Å²) in [4.78, 5) is 14.2. The van der Waals surface area contributed by atoms with Crippen LogP contribution in [0.1, 0.15) is 44.6 Å². The molecule has 2 saturated heterocycles. The normalized spacial score (nSPS) is 25.2. The fraction of sp³-hybridized carbons (Fsp3) is 0.552. The molecular weight excluding hydrogens is 454 g/mol. The van der Waals surface area contributed by atoms with Gasteiger partial charge in [-0.25, -0.2) is 0 Å². The molecule has 0 bridgehead atoms. The summed E-state index contributed by atoms with van der Waals surface area (Å²) >= 11 is 0. The van der Waals surface area contributed by atoms with E-state index in [1.54, 1.807) is 7.11 Å². The molecule has 0 aromatic heterocycles. The highest BCUT2D eigenvalue weighted by atomic mass is 28.3. The first-order chi connectivity index (χ1) is 16.8. The summed E-state index contributed by atoms with van der Waals surface area (Å²) in [6.07, 6.45) is 5.63. The number of rotatable bonds is 9. The van der Waals surface area contributed by atoms with Gasteiger partial charge in [-0.2, -0.15) is 0 Å². The summed E-state index contributed by atoms with van der Waals surface area (Å²) in [6, 6.07) is 17.1. The van der Waals surface area contributed by atoms with Crippen molar-refractivity contribution in [3.05, 3.63) is 54.1 Å². The molecule has 0 radical (unpaired) electrons. The van der Waals surface area contributed by atoms with E-state index < -0.39 is 8.07 Å². The first-order valence-corrected chi connectivity index (χ1v) is 16.2. The highest BCUT2D eigenvalue weighted by molar-refractivity contribution is 6.91. The number of hydrogen-bond donors (Lipinski definition) is 1. The van der Waals surface area contributed by atoms with Gasteiger partial charge < -0.3 is 19.5 Å². The lowest BCUT2D eigenvalue weighted by molar-refractivity contribution is -0.119. The van der Waals surface area contributed by atoms with Gasteiger partial charge in [0.15, 0.2) is 0 Å². The Balaban J connectivity index is 1.43. The van der Waals surface area contributed by atoms with Crippen LogP contribution in [0.25, 0.3) is 0 Å². The summed E-state index contributed by atoms with van der Waals surface area (Å²) in [7, 11) is -0.157. The molecule has 2 heterocycles. The molecule has 2 fully saturated rings. The Bertz CT molecular complexity index is 975. The zero-order valence-corrected chi connectivity index (χ0v) is 22.7. The number of amides is 1. The first kappa shape index (κ1) is 25.9. The fourth-order valence-corrected chi connectivity index (χ4v) is 10.4. The van der Waals surface area contributed by atoms with Crippen LogP contribution in [0.4, 0.5) is 5.69 Å². The Morgan fingerprint density at radius 1 is 1.03 bits per heavy atom. The van der Waals surface area contributed by atoms with Crippen molar-refractivity contribution in [2.45, 2.75) is 76.3 Å². The van der Waals surface area contributed by atoms with Gasteiger partial charge in [0.05, 0.1) is 27.4 Å². The van der Waals surface area contributed by atoms with E-state index in [1.807, 2.05) is 4.90 Å². The van der Waals surface area contributed by atoms with E-state index in [1.165, 1.54) is 10.8 Å². The molecule has 2 aromatic carbocycles. The van der Waals surface area contributed by atoms with E-state index in [4.69, 9.17) is 9.47 Å². The summed E-state index contributed by atoms with van der Waals surface area (Å²) in [5.74, 6) is 1.55. The third-order valence-electron chi connectivity index (χ3n) is 8.27. The number of methoxy groups -OCH3 is 1.